The number of hydrogen-bond acceptors (Lipinski definition) is 6. The van der Waals surface area contributed by atoms with E-state index in [2.05, 4.69) is 16.2 Å². The molecular formula is C13H15N3O2S. The van der Waals surface area contributed by atoms with Crippen LogP contribution in [0.25, 0.3) is 10.8 Å². The molecule has 2 heterocycles. The molecule has 0 fully saturated rings. The van der Waals surface area contributed by atoms with Crippen LogP contribution >= 0.6 is 11.3 Å². The van der Waals surface area contributed by atoms with Crippen LogP contribution in [0.2, 0.25) is 0 Å². The Hall–Kier alpha value is -1.71. The second-order valence-corrected chi connectivity index (χ2v) is 6.13. The van der Waals surface area contributed by atoms with E-state index in [4.69, 9.17) is 14.5 Å². The molecule has 5 nitrogen and oxygen atoms in total. The van der Waals surface area contributed by atoms with Crippen molar-refractivity contribution in [3.8, 4) is 16.8 Å². The van der Waals surface area contributed by atoms with E-state index in [-0.39, 0.29) is 11.5 Å². The zero-order valence-electron chi connectivity index (χ0n) is 11.3. The topological polar surface area (TPSA) is 71.9 Å². The summed E-state index contributed by atoms with van der Waals surface area (Å²) in [6.07, 6.45) is -0.254. The Kier molecular flexibility index (Phi) is 3.69. The molecule has 100 valence electrons. The van der Waals surface area contributed by atoms with Crippen LogP contribution in [0.5, 0.6) is 0 Å². The summed E-state index contributed by atoms with van der Waals surface area (Å²) in [6, 6.07) is 3.85. The van der Waals surface area contributed by atoms with Crippen molar-refractivity contribution in [1.29, 1.82) is 5.26 Å². The summed E-state index contributed by atoms with van der Waals surface area (Å²) in [5.74, 6) is 0.870. The van der Waals surface area contributed by atoms with Gasteiger partial charge in [0.25, 0.3) is 5.89 Å². The van der Waals surface area contributed by atoms with E-state index in [9.17, 15) is 0 Å². The molecule has 0 aromatic carbocycles. The highest BCUT2D eigenvalue weighted by atomic mass is 32.1. The molecule has 0 aliphatic carbocycles. The van der Waals surface area contributed by atoms with Gasteiger partial charge in [-0.3, -0.25) is 0 Å². The molecule has 0 radical (unpaired) electrons. The van der Waals surface area contributed by atoms with Crippen molar-refractivity contribution >= 4 is 11.3 Å². The molecule has 0 amide bonds. The lowest BCUT2D eigenvalue weighted by Gasteiger charge is -2.26. The fraction of sp³-hybridized carbons (Fsp3) is 0.462. The highest BCUT2D eigenvalue weighted by Crippen LogP contribution is 2.35. The number of hydrogen-bond donors (Lipinski definition) is 0. The first-order valence-corrected chi connectivity index (χ1v) is 6.69. The van der Waals surface area contributed by atoms with Gasteiger partial charge in [0.2, 0.25) is 5.82 Å². The minimum Gasteiger partial charge on any atom is -0.373 e. The van der Waals surface area contributed by atoms with Gasteiger partial charge in [-0.25, -0.2) is 0 Å². The van der Waals surface area contributed by atoms with E-state index in [0.29, 0.717) is 22.2 Å². The minimum atomic E-state index is -0.254. The van der Waals surface area contributed by atoms with Crippen LogP contribution in [0.3, 0.4) is 0 Å². The van der Waals surface area contributed by atoms with Crippen molar-refractivity contribution < 1.29 is 9.26 Å². The van der Waals surface area contributed by atoms with Gasteiger partial charge in [-0.15, -0.1) is 11.3 Å². The predicted molar refractivity (Wildman–Crippen MR) is 71.5 cm³/mol. The smallest absolute Gasteiger partial charge is 0.269 e. The lowest BCUT2D eigenvalue weighted by atomic mass is 9.88. The first kappa shape index (κ1) is 13.7. The number of ether oxygens (including phenoxy) is 1. The number of aromatic nitrogens is 2. The second-order valence-electron chi connectivity index (χ2n) is 5.21. The first-order valence-electron chi connectivity index (χ1n) is 5.81. The predicted octanol–water partition coefficient (Wildman–Crippen LogP) is 3.40. The molecule has 6 heteroatoms. The van der Waals surface area contributed by atoms with Gasteiger partial charge in [-0.05, 0) is 16.9 Å². The van der Waals surface area contributed by atoms with Gasteiger partial charge in [-0.1, -0.05) is 25.9 Å². The maximum Gasteiger partial charge on any atom is 0.269 e. The van der Waals surface area contributed by atoms with Crippen molar-refractivity contribution in [3.05, 3.63) is 22.8 Å². The Morgan fingerprint density at radius 1 is 1.47 bits per heavy atom. The Bertz CT molecular complexity index is 604. The molecule has 0 aliphatic rings. The monoisotopic (exact) mass is 277 g/mol. The SMILES string of the molecule is COC(c1noc(-c2sccc2C#N)n1)C(C)(C)C. The molecule has 0 bridgehead atoms. The van der Waals surface area contributed by atoms with Crippen LogP contribution in [0, 0.1) is 16.7 Å². The average molecular weight is 277 g/mol. The van der Waals surface area contributed by atoms with Crippen LogP contribution in [-0.4, -0.2) is 17.3 Å². The third-order valence-electron chi connectivity index (χ3n) is 2.68. The van der Waals surface area contributed by atoms with Crippen LogP contribution < -0.4 is 0 Å². The molecule has 0 aliphatic heterocycles. The fourth-order valence-corrected chi connectivity index (χ4v) is 2.61. The Morgan fingerprint density at radius 2 is 2.21 bits per heavy atom. The second kappa shape index (κ2) is 5.11. The average Bonchev–Trinajstić information content (AvgIpc) is 2.94. The highest BCUT2D eigenvalue weighted by molar-refractivity contribution is 7.13. The molecular weight excluding hydrogens is 262 g/mol. The minimum absolute atomic E-state index is 0.136. The normalized spacial score (nSPS) is 13.2. The van der Waals surface area contributed by atoms with Gasteiger partial charge in [-0.2, -0.15) is 10.2 Å². The summed E-state index contributed by atoms with van der Waals surface area (Å²) in [5.41, 5.74) is 0.411. The van der Waals surface area contributed by atoms with Crippen LogP contribution in [0.1, 0.15) is 38.3 Å². The van der Waals surface area contributed by atoms with Gasteiger partial charge in [0.1, 0.15) is 17.1 Å². The molecule has 0 saturated heterocycles. The Labute approximate surface area is 115 Å². The summed E-state index contributed by atoms with van der Waals surface area (Å²) >= 11 is 1.41. The van der Waals surface area contributed by atoms with Crippen LogP contribution in [-0.2, 0) is 4.74 Å². The number of nitrogens with zero attached hydrogens (tertiary/aromatic N) is 3. The van der Waals surface area contributed by atoms with E-state index in [0.717, 1.165) is 0 Å². The first-order chi connectivity index (χ1) is 8.97. The van der Waals surface area contributed by atoms with Gasteiger partial charge >= 0.3 is 0 Å². The molecule has 1 atom stereocenters. The van der Waals surface area contributed by atoms with Crippen molar-refractivity contribution in [1.82, 2.24) is 10.1 Å². The largest absolute Gasteiger partial charge is 0.373 e. The molecule has 2 aromatic rings. The number of methoxy groups -OCH3 is 1. The van der Waals surface area contributed by atoms with Gasteiger partial charge < -0.3 is 9.26 Å². The maximum atomic E-state index is 9.00. The van der Waals surface area contributed by atoms with E-state index in [1.165, 1.54) is 11.3 Å². The standard InChI is InChI=1S/C13H15N3O2S/c1-13(2,3)10(17-4)11-15-12(18-16-11)9-8(7-14)5-6-19-9/h5-6,10H,1-4H3. The molecule has 0 spiro atoms. The van der Waals surface area contributed by atoms with E-state index >= 15 is 0 Å². The summed E-state index contributed by atoms with van der Waals surface area (Å²) in [5, 5.41) is 14.8. The molecule has 2 aromatic heterocycles. The van der Waals surface area contributed by atoms with E-state index < -0.39 is 0 Å². The Balaban J connectivity index is 2.37. The van der Waals surface area contributed by atoms with Crippen LogP contribution in [0.4, 0.5) is 0 Å². The summed E-state index contributed by atoms with van der Waals surface area (Å²) < 4.78 is 10.7. The maximum absolute atomic E-state index is 9.00. The van der Waals surface area contributed by atoms with E-state index in [1.807, 2.05) is 26.2 Å². The summed E-state index contributed by atoms with van der Waals surface area (Å²) in [4.78, 5) is 5.05. The van der Waals surface area contributed by atoms with Crippen molar-refractivity contribution in [3.63, 3.8) is 0 Å². The zero-order valence-corrected chi connectivity index (χ0v) is 12.1. The third-order valence-corrected chi connectivity index (χ3v) is 3.58. The number of rotatable bonds is 3. The number of thiophene rings is 1. The van der Waals surface area contributed by atoms with Gasteiger partial charge in [0.15, 0.2) is 0 Å². The fourth-order valence-electron chi connectivity index (χ4n) is 1.84. The summed E-state index contributed by atoms with van der Waals surface area (Å²) in [7, 11) is 1.62. The lowest BCUT2D eigenvalue weighted by molar-refractivity contribution is 0.00718. The molecule has 0 N–H and O–H groups in total. The van der Waals surface area contributed by atoms with Crippen molar-refractivity contribution in [2.24, 2.45) is 5.41 Å². The number of nitriles is 1. The van der Waals surface area contributed by atoms with Gasteiger partial charge in [0.05, 0.1) is 5.56 Å². The molecule has 19 heavy (non-hydrogen) atoms. The third kappa shape index (κ3) is 2.67. The van der Waals surface area contributed by atoms with E-state index in [1.54, 1.807) is 13.2 Å². The molecule has 1 unspecified atom stereocenters. The van der Waals surface area contributed by atoms with Gasteiger partial charge in [0, 0.05) is 7.11 Å². The summed E-state index contributed by atoms with van der Waals surface area (Å²) in [6.45, 7) is 6.13. The van der Waals surface area contributed by atoms with Crippen molar-refractivity contribution in [2.75, 3.05) is 7.11 Å². The molecule has 2 rings (SSSR count). The van der Waals surface area contributed by atoms with Crippen LogP contribution in [0.15, 0.2) is 16.0 Å². The zero-order chi connectivity index (χ0) is 14.0. The lowest BCUT2D eigenvalue weighted by Crippen LogP contribution is -2.21. The quantitative estimate of drug-likeness (QED) is 0.859. The van der Waals surface area contributed by atoms with Crippen molar-refractivity contribution in [2.45, 2.75) is 26.9 Å². The molecule has 0 saturated carbocycles. The highest BCUT2D eigenvalue weighted by Gasteiger charge is 2.31. The Morgan fingerprint density at radius 3 is 2.79 bits per heavy atom.